The summed E-state index contributed by atoms with van der Waals surface area (Å²) in [7, 11) is 0. The van der Waals surface area contributed by atoms with Gasteiger partial charge in [0, 0.05) is 6.92 Å². The average Bonchev–Trinajstić information content (AvgIpc) is 4.21. The summed E-state index contributed by atoms with van der Waals surface area (Å²) in [4.78, 5) is 10.9. The fourth-order valence-electron chi connectivity index (χ4n) is 24.7. The van der Waals surface area contributed by atoms with E-state index in [0.717, 1.165) is 166 Å². The third kappa shape index (κ3) is 7.16. The Labute approximate surface area is 413 Å². The van der Waals surface area contributed by atoms with Crippen molar-refractivity contribution in [2.75, 3.05) is 6.61 Å². The van der Waals surface area contributed by atoms with Crippen LogP contribution in [-0.2, 0) is 9.53 Å². The van der Waals surface area contributed by atoms with Gasteiger partial charge in [0.15, 0.2) is 0 Å². The van der Waals surface area contributed by atoms with Crippen LogP contribution in [0.3, 0.4) is 0 Å². The van der Waals surface area contributed by atoms with Gasteiger partial charge in [-0.25, -0.2) is 0 Å². The minimum atomic E-state index is -0.114. The first kappa shape index (κ1) is 43.7. The van der Waals surface area contributed by atoms with E-state index < -0.39 is 0 Å². The first-order valence-electron chi connectivity index (χ1n) is 31.0. The summed E-state index contributed by atoms with van der Waals surface area (Å²) in [6.07, 6.45) is 62.2. The van der Waals surface area contributed by atoms with E-state index in [1.54, 1.807) is 77.0 Å². The van der Waals surface area contributed by atoms with Crippen molar-refractivity contribution in [3.05, 3.63) is 60.8 Å². The van der Waals surface area contributed by atoms with Crippen molar-refractivity contribution in [2.45, 2.75) is 161 Å². The zero-order valence-electron chi connectivity index (χ0n) is 42.5. The van der Waals surface area contributed by atoms with E-state index in [1.165, 1.54) is 84.0 Å². The molecule has 0 saturated heterocycles. The van der Waals surface area contributed by atoms with E-state index in [2.05, 4.69) is 60.8 Å². The molecule has 0 N–H and O–H groups in total. The fourth-order valence-corrected chi connectivity index (χ4v) is 24.7. The van der Waals surface area contributed by atoms with E-state index in [1.807, 2.05) is 0 Å². The predicted molar refractivity (Wildman–Crippen MR) is 274 cm³/mol. The van der Waals surface area contributed by atoms with Gasteiger partial charge in [-0.05, 0) is 255 Å². The number of carbonyl (C=O) groups is 1. The van der Waals surface area contributed by atoms with Gasteiger partial charge in [0.2, 0.25) is 0 Å². The quantitative estimate of drug-likeness (QED) is 0.144. The molecule has 18 rings (SSSR count). The summed E-state index contributed by atoms with van der Waals surface area (Å²) in [6.45, 7) is 2.21. The lowest BCUT2D eigenvalue weighted by atomic mass is 9.67. The molecule has 0 heterocycles. The van der Waals surface area contributed by atoms with Gasteiger partial charge in [0.25, 0.3) is 0 Å². The highest BCUT2D eigenvalue weighted by molar-refractivity contribution is 5.65. The number of rotatable bonds is 7. The van der Waals surface area contributed by atoms with Gasteiger partial charge >= 0.3 is 5.97 Å². The maximum Gasteiger partial charge on any atom is 0.302 e. The largest absolute Gasteiger partial charge is 0.466 e. The molecule has 18 aliphatic rings. The topological polar surface area (TPSA) is 26.3 Å². The first-order chi connectivity index (χ1) is 33.5. The van der Waals surface area contributed by atoms with Gasteiger partial charge in [-0.2, -0.15) is 0 Å². The molecule has 2 nitrogen and oxygen atoms in total. The molecule has 368 valence electrons. The highest BCUT2D eigenvalue weighted by atomic mass is 16.5. The van der Waals surface area contributed by atoms with Crippen LogP contribution in [0.25, 0.3) is 0 Å². The second-order valence-corrected chi connectivity index (χ2v) is 29.0. The normalized spacial score (nSPS) is 55.4. The van der Waals surface area contributed by atoms with Crippen molar-refractivity contribution >= 4 is 5.97 Å². The van der Waals surface area contributed by atoms with Crippen LogP contribution in [0.2, 0.25) is 0 Å². The van der Waals surface area contributed by atoms with Crippen LogP contribution in [-0.4, -0.2) is 12.6 Å². The summed E-state index contributed by atoms with van der Waals surface area (Å²) in [5.41, 5.74) is 0. The summed E-state index contributed by atoms with van der Waals surface area (Å²) in [5, 5.41) is 0. The van der Waals surface area contributed by atoms with Crippen molar-refractivity contribution in [1.82, 2.24) is 0 Å². The predicted octanol–water partition coefficient (Wildman–Crippen LogP) is 15.8. The second-order valence-electron chi connectivity index (χ2n) is 29.0. The van der Waals surface area contributed by atoms with Crippen molar-refractivity contribution in [3.63, 3.8) is 0 Å². The molecule has 0 aliphatic heterocycles. The highest BCUT2D eigenvalue weighted by Crippen LogP contribution is 2.70. The molecule has 0 radical (unpaired) electrons. The molecular weight excluding hydrogens is 825 g/mol. The van der Waals surface area contributed by atoms with Crippen LogP contribution >= 0.6 is 0 Å². The molecule has 68 heavy (non-hydrogen) atoms. The van der Waals surface area contributed by atoms with E-state index >= 15 is 0 Å². The molecule has 0 spiro atoms. The molecule has 16 bridgehead atoms. The lowest BCUT2D eigenvalue weighted by Gasteiger charge is -2.38. The molecule has 13 saturated carbocycles. The number of fused-ring (bicyclic) bond motifs is 36. The molecule has 0 aromatic heterocycles. The fraction of sp³-hybridized carbons (Fsp3) is 0.833. The van der Waals surface area contributed by atoms with E-state index in [4.69, 9.17) is 4.74 Å². The molecule has 0 amide bonds. The number of allylic oxidation sites excluding steroid dienone is 10. The first-order valence-corrected chi connectivity index (χ1v) is 31.0. The Bertz CT molecular complexity index is 1990. The van der Waals surface area contributed by atoms with E-state index in [-0.39, 0.29) is 5.97 Å². The van der Waals surface area contributed by atoms with Gasteiger partial charge < -0.3 is 4.74 Å². The molecule has 25 atom stereocenters. The molecule has 18 aliphatic carbocycles. The van der Waals surface area contributed by atoms with Gasteiger partial charge in [0.05, 0.1) is 6.61 Å². The molecule has 13 fully saturated rings. The van der Waals surface area contributed by atoms with Crippen LogP contribution < -0.4 is 0 Å². The smallest absolute Gasteiger partial charge is 0.302 e. The summed E-state index contributed by atoms with van der Waals surface area (Å²) >= 11 is 0. The second kappa shape index (κ2) is 17.4. The number of carbonyl (C=O) groups excluding carboxylic acids is 1. The van der Waals surface area contributed by atoms with Crippen molar-refractivity contribution < 1.29 is 9.53 Å². The Morgan fingerprint density at radius 1 is 0.368 bits per heavy atom. The third-order valence-electron chi connectivity index (χ3n) is 26.5. The summed E-state index contributed by atoms with van der Waals surface area (Å²) in [6, 6.07) is 0. The number of esters is 1. The van der Waals surface area contributed by atoms with Gasteiger partial charge in [-0.1, -0.05) is 131 Å². The van der Waals surface area contributed by atoms with Gasteiger partial charge in [0.1, 0.15) is 0 Å². The Hall–Kier alpha value is -1.83. The SMILES string of the molecule is C1=CC2CC1C1C3C=CC(C3)C21.C1=CC2CC1C1C3CC(CC4CCCCC4)C(C3)C21.C1=CC2CC1C1C3CC(CCC4CCCCC4)C(C3)C21.CC(=O)OCC1CC2CC1C1C3C=CC(C3)C21. The minimum absolute atomic E-state index is 0.114. The van der Waals surface area contributed by atoms with Crippen LogP contribution in [0.1, 0.15) is 161 Å². The lowest BCUT2D eigenvalue weighted by Crippen LogP contribution is -2.33. The average molecular weight is 917 g/mol. The Morgan fingerprint density at radius 3 is 1.16 bits per heavy atom. The lowest BCUT2D eigenvalue weighted by molar-refractivity contribution is -0.143. The van der Waals surface area contributed by atoms with Crippen LogP contribution in [0.15, 0.2) is 60.8 Å². The van der Waals surface area contributed by atoms with E-state index in [0.29, 0.717) is 12.5 Å². The number of hydrogen-bond acceptors (Lipinski definition) is 2. The van der Waals surface area contributed by atoms with E-state index in [9.17, 15) is 4.79 Å². The van der Waals surface area contributed by atoms with Crippen molar-refractivity contribution in [2.24, 2.45) is 172 Å². The van der Waals surface area contributed by atoms with Gasteiger partial charge in [-0.3, -0.25) is 4.79 Å². The zero-order valence-corrected chi connectivity index (χ0v) is 42.5. The van der Waals surface area contributed by atoms with Crippen LogP contribution in [0.5, 0.6) is 0 Å². The third-order valence-corrected chi connectivity index (χ3v) is 26.5. The Balaban J connectivity index is 0.0000000835. The molecule has 0 aromatic rings. The highest BCUT2D eigenvalue weighted by Gasteiger charge is 2.63. The maximum absolute atomic E-state index is 10.9. The Kier molecular flexibility index (Phi) is 11.2. The zero-order chi connectivity index (χ0) is 44.8. The number of ether oxygens (including phenoxy) is 1. The van der Waals surface area contributed by atoms with Crippen LogP contribution in [0.4, 0.5) is 0 Å². The maximum atomic E-state index is 10.9. The minimum Gasteiger partial charge on any atom is -0.466 e. The molecule has 2 heteroatoms. The summed E-state index contributed by atoms with van der Waals surface area (Å²) in [5.74, 6) is 29.7. The Morgan fingerprint density at radius 2 is 0.721 bits per heavy atom. The molecule has 25 unspecified atom stereocenters. The summed E-state index contributed by atoms with van der Waals surface area (Å²) < 4.78 is 5.25. The van der Waals surface area contributed by atoms with Crippen LogP contribution in [0, 0.1) is 172 Å². The molecule has 0 aromatic carbocycles. The monoisotopic (exact) mass is 917 g/mol. The van der Waals surface area contributed by atoms with Crippen molar-refractivity contribution in [1.29, 1.82) is 0 Å². The molecular formula is C66H92O2. The number of hydrogen-bond donors (Lipinski definition) is 0. The standard InChI is InChI=1S/C20H30.C19H28.C15H20O2.C12H14/c1-2-4-13(5-3-1)6-7-14-10-17-12-18(14)20-16-9-8-15(11-16)19(17)20;1-2-4-12(5-3-1)8-15-10-16-11-17(15)19-14-7-6-13(9-14)18(16)19;1-8(16)17-7-12-5-11-6-13(12)15-10-3-2-9(4-10)14(11)15;1-2-8-5-7(1)11-9-3-4-10(6-9)12(8)11/h8-9,13-20H,1-7,10-12H2;6-7,12-19H,1-5,8-11H2;2-3,9-15H,4-7H2,1H3;1-4,7-12H,5-6H2. The van der Waals surface area contributed by atoms with Gasteiger partial charge in [-0.15, -0.1) is 0 Å². The van der Waals surface area contributed by atoms with Crippen molar-refractivity contribution in [3.8, 4) is 0 Å².